The number of carbonyl (C=O) groups excluding carboxylic acids is 1. The Morgan fingerprint density at radius 3 is 2.33 bits per heavy atom. The van der Waals surface area contributed by atoms with E-state index in [0.717, 1.165) is 10.1 Å². The number of rotatable bonds is 6. The topological polar surface area (TPSA) is 94.8 Å². The van der Waals surface area contributed by atoms with Crippen LogP contribution >= 0.6 is 0 Å². The van der Waals surface area contributed by atoms with Crippen molar-refractivity contribution >= 4 is 11.9 Å². The van der Waals surface area contributed by atoms with E-state index in [2.05, 4.69) is 0 Å². The lowest BCUT2D eigenvalue weighted by Gasteiger charge is -2.21. The van der Waals surface area contributed by atoms with Crippen LogP contribution in [-0.4, -0.2) is 27.2 Å². The monoisotopic (exact) mass is 373 g/mol. The van der Waals surface area contributed by atoms with Gasteiger partial charge >= 0.3 is 11.9 Å². The van der Waals surface area contributed by atoms with Crippen LogP contribution < -0.4 is 10.3 Å². The lowest BCUT2D eigenvalue weighted by atomic mass is 10.2. The van der Waals surface area contributed by atoms with E-state index in [-0.39, 0.29) is 24.5 Å². The summed E-state index contributed by atoms with van der Waals surface area (Å²) in [5.41, 5.74) is -0.506. The highest BCUT2D eigenvalue weighted by molar-refractivity contribution is 5.90. The third-order valence-electron chi connectivity index (χ3n) is 3.63. The number of aryl methyl sites for hydroxylation is 1. The van der Waals surface area contributed by atoms with Crippen LogP contribution in [0.3, 0.4) is 0 Å². The first-order valence-corrected chi connectivity index (χ1v) is 8.45. The van der Waals surface area contributed by atoms with Gasteiger partial charge in [0.25, 0.3) is 5.56 Å². The molecular weight excluding hydrogens is 350 g/mol. The van der Waals surface area contributed by atoms with Crippen LogP contribution in [0.1, 0.15) is 42.4 Å². The summed E-state index contributed by atoms with van der Waals surface area (Å²) in [6.45, 7) is 6.43. The first-order chi connectivity index (χ1) is 12.6. The highest BCUT2D eigenvalue weighted by Crippen LogP contribution is 2.18. The molecule has 0 saturated heterocycles. The van der Waals surface area contributed by atoms with Crippen LogP contribution in [0.25, 0.3) is 0 Å². The number of pyridine rings is 1. The van der Waals surface area contributed by atoms with Crippen molar-refractivity contribution in [3.63, 3.8) is 0 Å². The van der Waals surface area contributed by atoms with Gasteiger partial charge in [-0.3, -0.25) is 14.2 Å². The molecule has 0 fully saturated rings. The van der Waals surface area contributed by atoms with Crippen molar-refractivity contribution in [3.05, 3.63) is 63.6 Å². The van der Waals surface area contributed by atoms with Gasteiger partial charge in [-0.05, 0) is 39.3 Å². The Kier molecular flexibility index (Phi) is 6.05. The third kappa shape index (κ3) is 5.44. The number of carbonyl (C=O) groups is 2. The van der Waals surface area contributed by atoms with Gasteiger partial charge in [-0.1, -0.05) is 30.3 Å². The number of hydrogen-bond acceptors (Lipinski definition) is 5. The molecule has 1 heterocycles. The predicted octanol–water partition coefficient (Wildman–Crippen LogP) is 2.78. The molecule has 0 spiro atoms. The molecule has 1 aromatic heterocycles. The molecule has 0 bridgehead atoms. The van der Waals surface area contributed by atoms with Crippen LogP contribution in [0.15, 0.2) is 41.2 Å². The van der Waals surface area contributed by atoms with Gasteiger partial charge in [0, 0.05) is 5.69 Å². The second-order valence-corrected chi connectivity index (χ2v) is 7.09. The van der Waals surface area contributed by atoms with Crippen LogP contribution in [0, 0.1) is 6.92 Å². The Labute approximate surface area is 157 Å². The third-order valence-corrected chi connectivity index (χ3v) is 3.63. The van der Waals surface area contributed by atoms with Gasteiger partial charge in [0.1, 0.15) is 24.3 Å². The quantitative estimate of drug-likeness (QED) is 0.783. The van der Waals surface area contributed by atoms with Crippen molar-refractivity contribution in [2.45, 2.75) is 46.4 Å². The number of aromatic carboxylic acids is 1. The second-order valence-electron chi connectivity index (χ2n) is 7.09. The molecule has 0 unspecified atom stereocenters. The van der Waals surface area contributed by atoms with Gasteiger partial charge in [0.15, 0.2) is 5.75 Å². The number of nitrogens with zero attached hydrogens (tertiary/aromatic N) is 1. The van der Waals surface area contributed by atoms with Crippen LogP contribution in [0.5, 0.6) is 5.75 Å². The van der Waals surface area contributed by atoms with Crippen molar-refractivity contribution in [3.8, 4) is 5.75 Å². The number of benzene rings is 1. The first-order valence-electron chi connectivity index (χ1n) is 8.45. The summed E-state index contributed by atoms with van der Waals surface area (Å²) >= 11 is 0. The number of aromatic nitrogens is 1. The Morgan fingerprint density at radius 1 is 1.15 bits per heavy atom. The van der Waals surface area contributed by atoms with Crippen LogP contribution in [-0.2, 0) is 22.7 Å². The maximum Gasteiger partial charge on any atom is 0.339 e. The first kappa shape index (κ1) is 20.2. The fourth-order valence-electron chi connectivity index (χ4n) is 2.48. The molecule has 0 atom stereocenters. The minimum atomic E-state index is -1.28. The fraction of sp³-hybridized carbons (Fsp3) is 0.350. The van der Waals surface area contributed by atoms with Crippen LogP contribution in [0.4, 0.5) is 0 Å². The van der Waals surface area contributed by atoms with Crippen molar-refractivity contribution in [1.82, 2.24) is 4.57 Å². The maximum absolute atomic E-state index is 12.8. The summed E-state index contributed by atoms with van der Waals surface area (Å²) in [6, 6.07) is 10.4. The molecule has 144 valence electrons. The molecule has 1 aromatic carbocycles. The molecule has 7 heteroatoms. The summed E-state index contributed by atoms with van der Waals surface area (Å²) in [7, 11) is 0. The van der Waals surface area contributed by atoms with E-state index in [1.54, 1.807) is 39.8 Å². The zero-order valence-electron chi connectivity index (χ0n) is 15.8. The molecule has 0 aliphatic carbocycles. The highest BCUT2D eigenvalue weighted by Gasteiger charge is 2.23. The summed E-state index contributed by atoms with van der Waals surface area (Å²) in [5, 5.41) is 9.42. The van der Waals surface area contributed by atoms with E-state index in [0.29, 0.717) is 5.69 Å². The van der Waals surface area contributed by atoms with Crippen LogP contribution in [0.2, 0.25) is 0 Å². The van der Waals surface area contributed by atoms with Gasteiger partial charge < -0.3 is 14.6 Å². The minimum Gasteiger partial charge on any atom is -0.482 e. The van der Waals surface area contributed by atoms with E-state index < -0.39 is 23.1 Å². The Balaban J connectivity index is 2.37. The van der Waals surface area contributed by atoms with Crippen molar-refractivity contribution in [1.29, 1.82) is 0 Å². The standard InChI is InChI=1S/C20H23NO6/c1-13-10-15(19(24)25)17(26-12-14-8-6-5-7-9-14)18(23)21(13)11-16(22)27-20(2,3)4/h5-10H,11-12H2,1-4H3,(H,24,25). The average molecular weight is 373 g/mol. The normalized spacial score (nSPS) is 11.1. The molecule has 0 aliphatic heterocycles. The predicted molar refractivity (Wildman–Crippen MR) is 99.0 cm³/mol. The number of carboxylic acids is 1. The van der Waals surface area contributed by atoms with Crippen molar-refractivity contribution in [2.75, 3.05) is 0 Å². The molecule has 0 saturated carbocycles. The lowest BCUT2D eigenvalue weighted by molar-refractivity contribution is -0.155. The van der Waals surface area contributed by atoms with Gasteiger partial charge in [0.05, 0.1) is 0 Å². The molecule has 0 amide bonds. The average Bonchev–Trinajstić information content (AvgIpc) is 2.56. The van der Waals surface area contributed by atoms with Crippen molar-refractivity contribution < 1.29 is 24.2 Å². The summed E-state index contributed by atoms with van der Waals surface area (Å²) in [5.74, 6) is -2.17. The van der Waals surface area contributed by atoms with E-state index in [1.807, 2.05) is 18.2 Å². The number of ether oxygens (including phenoxy) is 2. The Bertz CT molecular complexity index is 893. The highest BCUT2D eigenvalue weighted by atomic mass is 16.6. The Morgan fingerprint density at radius 2 is 1.78 bits per heavy atom. The molecule has 0 radical (unpaired) electrons. The zero-order chi connectivity index (χ0) is 20.2. The van der Waals surface area contributed by atoms with E-state index in [1.165, 1.54) is 6.07 Å². The lowest BCUT2D eigenvalue weighted by Crippen LogP contribution is -2.33. The molecule has 2 aromatic rings. The van der Waals surface area contributed by atoms with Gasteiger partial charge in [-0.2, -0.15) is 0 Å². The molecular formula is C20H23NO6. The van der Waals surface area contributed by atoms with E-state index >= 15 is 0 Å². The van der Waals surface area contributed by atoms with E-state index in [4.69, 9.17) is 9.47 Å². The SMILES string of the molecule is Cc1cc(C(=O)O)c(OCc2ccccc2)c(=O)n1CC(=O)OC(C)(C)C. The number of esters is 1. The van der Waals surface area contributed by atoms with E-state index in [9.17, 15) is 19.5 Å². The Hall–Kier alpha value is -3.09. The molecule has 1 N–H and O–H groups in total. The number of hydrogen-bond donors (Lipinski definition) is 1. The summed E-state index contributed by atoms with van der Waals surface area (Å²) < 4.78 is 11.9. The summed E-state index contributed by atoms with van der Waals surface area (Å²) in [4.78, 5) is 36.4. The van der Waals surface area contributed by atoms with Gasteiger partial charge in [0.2, 0.25) is 0 Å². The van der Waals surface area contributed by atoms with Gasteiger partial charge in [-0.25, -0.2) is 4.79 Å². The molecule has 7 nitrogen and oxygen atoms in total. The minimum absolute atomic E-state index is 0.0336. The molecule has 2 rings (SSSR count). The largest absolute Gasteiger partial charge is 0.482 e. The zero-order valence-corrected chi connectivity index (χ0v) is 15.8. The smallest absolute Gasteiger partial charge is 0.339 e. The maximum atomic E-state index is 12.8. The second kappa shape index (κ2) is 8.07. The van der Waals surface area contributed by atoms with Crippen molar-refractivity contribution in [2.24, 2.45) is 0 Å². The molecule has 0 aliphatic rings. The molecule has 27 heavy (non-hydrogen) atoms. The number of carboxylic acid groups (broad SMARTS) is 1. The summed E-state index contributed by atoms with van der Waals surface area (Å²) in [6.07, 6.45) is 0. The fourth-order valence-corrected chi connectivity index (χ4v) is 2.48. The van der Waals surface area contributed by atoms with Gasteiger partial charge in [-0.15, -0.1) is 0 Å².